The molecular formula is C14H10NO+. The van der Waals surface area contributed by atoms with Gasteiger partial charge in [0.15, 0.2) is 0 Å². The zero-order valence-electron chi connectivity index (χ0n) is 8.63. The van der Waals surface area contributed by atoms with Crippen molar-refractivity contribution in [1.29, 1.82) is 0 Å². The number of isocyanates is 1. The highest BCUT2D eigenvalue weighted by molar-refractivity contribution is 6.12. The summed E-state index contributed by atoms with van der Waals surface area (Å²) >= 11 is 0. The third-order valence-corrected chi connectivity index (χ3v) is 2.25. The largest absolute Gasteiger partial charge is 0.568 e. The Bertz CT molecular complexity index is 506. The van der Waals surface area contributed by atoms with Crippen LogP contribution in [0.25, 0.3) is 0 Å². The molecule has 16 heavy (non-hydrogen) atoms. The molecule has 0 fully saturated rings. The topological polar surface area (TPSA) is 31.2 Å². The first kappa shape index (κ1) is 10.1. The summed E-state index contributed by atoms with van der Waals surface area (Å²) in [5.41, 5.74) is 2.48. The molecule has 0 heterocycles. The van der Waals surface area contributed by atoms with Crippen LogP contribution in [0.1, 0.15) is 11.1 Å². The molecule has 0 unspecified atom stereocenters. The lowest BCUT2D eigenvalue weighted by Crippen LogP contribution is -2.06. The first-order valence-electron chi connectivity index (χ1n) is 4.97. The Labute approximate surface area is 93.6 Å². The van der Waals surface area contributed by atoms with Gasteiger partial charge in [-0.1, -0.05) is 36.4 Å². The highest BCUT2D eigenvalue weighted by Gasteiger charge is 2.15. The van der Waals surface area contributed by atoms with Crippen molar-refractivity contribution in [3.63, 3.8) is 0 Å². The minimum absolute atomic E-state index is 0.649. The molecule has 0 aromatic heterocycles. The van der Waals surface area contributed by atoms with Crippen LogP contribution in [0.3, 0.4) is 0 Å². The molecule has 0 aliphatic carbocycles. The van der Waals surface area contributed by atoms with Gasteiger partial charge in [-0.3, -0.25) is 0 Å². The van der Waals surface area contributed by atoms with Crippen molar-refractivity contribution in [2.75, 3.05) is 0 Å². The minimum Gasteiger partial charge on any atom is -0.145 e. The molecule has 0 spiro atoms. The summed E-state index contributed by atoms with van der Waals surface area (Å²) in [6.45, 7) is 0. The Hall–Kier alpha value is -2.40. The number of hydrogen-bond acceptors (Lipinski definition) is 1. The number of benzene rings is 2. The van der Waals surface area contributed by atoms with Gasteiger partial charge in [-0.2, -0.15) is 0 Å². The summed E-state index contributed by atoms with van der Waals surface area (Å²) in [6, 6.07) is 19.2. The fourth-order valence-electron chi connectivity index (χ4n) is 1.53. The summed E-state index contributed by atoms with van der Waals surface area (Å²) in [7, 11) is 0. The Balaban J connectivity index is 2.58. The van der Waals surface area contributed by atoms with E-state index in [0.29, 0.717) is 5.71 Å². The van der Waals surface area contributed by atoms with Crippen LogP contribution < -0.4 is 4.67 Å². The second-order valence-electron chi connectivity index (χ2n) is 3.28. The fourth-order valence-corrected chi connectivity index (χ4v) is 1.53. The number of nitrogens with zero attached hydrogens (tertiary/aromatic N) is 1. The van der Waals surface area contributed by atoms with E-state index in [2.05, 4.69) is 4.67 Å². The lowest BCUT2D eigenvalue weighted by Gasteiger charge is -1.94. The lowest BCUT2D eigenvalue weighted by molar-refractivity contribution is 0.564. The zero-order valence-corrected chi connectivity index (χ0v) is 8.63. The maximum atomic E-state index is 10.4. The predicted octanol–water partition coefficient (Wildman–Crippen LogP) is 1.93. The first-order chi connectivity index (χ1) is 7.92. The zero-order chi connectivity index (χ0) is 11.2. The van der Waals surface area contributed by atoms with Crippen molar-refractivity contribution in [1.82, 2.24) is 4.67 Å². The molecule has 2 rings (SSSR count). The van der Waals surface area contributed by atoms with Crippen molar-refractivity contribution in [2.45, 2.75) is 0 Å². The van der Waals surface area contributed by atoms with Gasteiger partial charge in [0, 0.05) is 4.67 Å². The van der Waals surface area contributed by atoms with Gasteiger partial charge in [-0.05, 0) is 24.3 Å². The quantitative estimate of drug-likeness (QED) is 0.421. The first-order valence-corrected chi connectivity index (χ1v) is 4.97. The van der Waals surface area contributed by atoms with Gasteiger partial charge in [0.2, 0.25) is 0 Å². The van der Waals surface area contributed by atoms with E-state index < -0.39 is 0 Å². The van der Waals surface area contributed by atoms with E-state index in [-0.39, 0.29) is 0 Å². The van der Waals surface area contributed by atoms with Crippen LogP contribution in [0.15, 0.2) is 60.7 Å². The van der Waals surface area contributed by atoms with Crippen LogP contribution in [-0.2, 0) is 4.79 Å². The summed E-state index contributed by atoms with van der Waals surface area (Å²) < 4.78 is 3.78. The Kier molecular flexibility index (Phi) is 3.10. The maximum absolute atomic E-state index is 10.4. The van der Waals surface area contributed by atoms with Gasteiger partial charge >= 0.3 is 11.8 Å². The molecule has 76 valence electrons. The van der Waals surface area contributed by atoms with Gasteiger partial charge in [-0.25, -0.2) is 0 Å². The average molecular weight is 208 g/mol. The molecule has 0 atom stereocenters. The van der Waals surface area contributed by atoms with Gasteiger partial charge < -0.3 is 0 Å². The monoisotopic (exact) mass is 208 g/mol. The van der Waals surface area contributed by atoms with Crippen LogP contribution in [0.5, 0.6) is 0 Å². The van der Waals surface area contributed by atoms with E-state index in [4.69, 9.17) is 0 Å². The van der Waals surface area contributed by atoms with Crippen molar-refractivity contribution >= 4 is 11.8 Å². The van der Waals surface area contributed by atoms with Crippen molar-refractivity contribution in [3.05, 3.63) is 71.8 Å². The van der Waals surface area contributed by atoms with Crippen molar-refractivity contribution in [3.8, 4) is 0 Å². The molecule has 0 bridgehead atoms. The average Bonchev–Trinajstić information content (AvgIpc) is 2.38. The highest BCUT2D eigenvalue weighted by Crippen LogP contribution is 2.07. The molecule has 2 aromatic rings. The number of rotatable bonds is 2. The minimum atomic E-state index is 0.649. The number of hydrogen-bond donors (Lipinski definition) is 0. The van der Waals surface area contributed by atoms with Gasteiger partial charge in [0.05, 0.1) is 11.1 Å². The summed E-state index contributed by atoms with van der Waals surface area (Å²) in [5, 5.41) is 0. The van der Waals surface area contributed by atoms with E-state index in [1.54, 1.807) is 6.08 Å². The maximum Gasteiger partial charge on any atom is 0.568 e. The number of carbonyl (C=O) groups excluding carboxylic acids is 1. The molecule has 0 N–H and O–H groups in total. The molecule has 0 saturated carbocycles. The molecule has 2 aromatic carbocycles. The standard InChI is InChI=1S/C14H10NO/c16-11-15-14(12-7-3-1-4-8-12)13-9-5-2-6-10-13/h1-10H/q+1. The molecule has 2 heteroatoms. The molecule has 0 amide bonds. The van der Waals surface area contributed by atoms with Crippen LogP contribution >= 0.6 is 0 Å². The third kappa shape index (κ3) is 2.15. The van der Waals surface area contributed by atoms with E-state index in [0.717, 1.165) is 11.1 Å². The predicted molar refractivity (Wildman–Crippen MR) is 63.9 cm³/mol. The molecule has 2 nitrogen and oxygen atoms in total. The van der Waals surface area contributed by atoms with E-state index in [9.17, 15) is 4.79 Å². The van der Waals surface area contributed by atoms with Gasteiger partial charge in [0.1, 0.15) is 0 Å². The Morgan fingerprint density at radius 3 is 1.62 bits per heavy atom. The summed E-state index contributed by atoms with van der Waals surface area (Å²) in [5.74, 6) is 0. The normalized spacial score (nSPS) is 9.00. The molecule has 0 aliphatic rings. The molecule has 0 saturated heterocycles. The second-order valence-corrected chi connectivity index (χ2v) is 3.28. The second kappa shape index (κ2) is 4.90. The lowest BCUT2D eigenvalue weighted by atomic mass is 10.0. The SMILES string of the molecule is O=C=[N+]=C(c1ccccc1)c1ccccc1. The summed E-state index contributed by atoms with van der Waals surface area (Å²) in [4.78, 5) is 10.4. The molecule has 0 aliphatic heterocycles. The van der Waals surface area contributed by atoms with Crippen molar-refractivity contribution in [2.24, 2.45) is 0 Å². The van der Waals surface area contributed by atoms with Crippen LogP contribution in [0.2, 0.25) is 0 Å². The van der Waals surface area contributed by atoms with Crippen molar-refractivity contribution < 1.29 is 4.79 Å². The van der Waals surface area contributed by atoms with E-state index in [1.165, 1.54) is 0 Å². The third-order valence-electron chi connectivity index (χ3n) is 2.25. The Morgan fingerprint density at radius 2 is 1.25 bits per heavy atom. The van der Waals surface area contributed by atoms with Crippen LogP contribution in [0, 0.1) is 0 Å². The van der Waals surface area contributed by atoms with Crippen LogP contribution in [-0.4, -0.2) is 11.8 Å². The van der Waals surface area contributed by atoms with E-state index >= 15 is 0 Å². The Morgan fingerprint density at radius 1 is 0.812 bits per heavy atom. The van der Waals surface area contributed by atoms with E-state index in [1.807, 2.05) is 60.7 Å². The van der Waals surface area contributed by atoms with Gasteiger partial charge in [0.25, 0.3) is 0 Å². The highest BCUT2D eigenvalue weighted by atomic mass is 16.1. The summed E-state index contributed by atoms with van der Waals surface area (Å²) in [6.07, 6.45) is 1.60. The fraction of sp³-hybridized carbons (Fsp3) is 0. The van der Waals surface area contributed by atoms with Gasteiger partial charge in [-0.15, -0.1) is 4.79 Å². The smallest absolute Gasteiger partial charge is 0.145 e. The molecular weight excluding hydrogens is 198 g/mol. The van der Waals surface area contributed by atoms with Crippen LogP contribution in [0.4, 0.5) is 0 Å². The molecule has 0 radical (unpaired) electrons.